The largest absolute Gasteiger partial charge is 0.295 e. The zero-order valence-corrected chi connectivity index (χ0v) is 11.1. The smallest absolute Gasteiger partial charge is 0.274 e. The molecule has 90 valence electrons. The maximum atomic E-state index is 12.1. The molecule has 1 aromatic carbocycles. The molecular weight excluding hydrogens is 256 g/mol. The fraction of sp³-hybridized carbons (Fsp3) is 0.250. The second kappa shape index (κ2) is 5.02. The number of rotatable bonds is 3. The van der Waals surface area contributed by atoms with Crippen LogP contribution in [0.2, 0.25) is 5.02 Å². The van der Waals surface area contributed by atoms with Gasteiger partial charge in [0.05, 0.1) is 5.69 Å². The average molecular weight is 269 g/mol. The second-order valence-corrected chi connectivity index (χ2v) is 4.69. The van der Waals surface area contributed by atoms with E-state index in [0.717, 1.165) is 16.9 Å². The molecule has 1 heterocycles. The summed E-state index contributed by atoms with van der Waals surface area (Å²) in [4.78, 5) is 12.1. The SMILES string of the molecule is Cc1[nH]n(-c2ccc(Cl)cc2)c(=O)c1CCS. The van der Waals surface area contributed by atoms with Crippen molar-refractivity contribution in [2.24, 2.45) is 0 Å². The summed E-state index contributed by atoms with van der Waals surface area (Å²) >= 11 is 9.97. The summed E-state index contributed by atoms with van der Waals surface area (Å²) in [6.45, 7) is 1.90. The third-order valence-electron chi connectivity index (χ3n) is 2.64. The number of aryl methyl sites for hydroxylation is 1. The second-order valence-electron chi connectivity index (χ2n) is 3.81. The van der Waals surface area contributed by atoms with Crippen molar-refractivity contribution < 1.29 is 0 Å². The van der Waals surface area contributed by atoms with Gasteiger partial charge in [-0.05, 0) is 43.4 Å². The molecule has 5 heteroatoms. The molecule has 0 atom stereocenters. The van der Waals surface area contributed by atoms with Crippen LogP contribution < -0.4 is 5.56 Å². The third-order valence-corrected chi connectivity index (χ3v) is 3.12. The Balaban J connectivity index is 2.50. The van der Waals surface area contributed by atoms with Gasteiger partial charge in [0.1, 0.15) is 0 Å². The molecule has 17 heavy (non-hydrogen) atoms. The molecular formula is C12H13ClN2OS. The summed E-state index contributed by atoms with van der Waals surface area (Å²) in [6.07, 6.45) is 0.671. The van der Waals surface area contributed by atoms with Gasteiger partial charge in [0.2, 0.25) is 0 Å². The predicted octanol–water partition coefficient (Wildman–Crippen LogP) is 2.60. The summed E-state index contributed by atoms with van der Waals surface area (Å²) in [5.41, 5.74) is 2.45. The summed E-state index contributed by atoms with van der Waals surface area (Å²) in [5.74, 6) is 0.661. The summed E-state index contributed by atoms with van der Waals surface area (Å²) < 4.78 is 1.53. The number of nitrogens with one attached hydrogen (secondary N) is 1. The number of H-pyrrole nitrogens is 1. The number of hydrogen-bond donors (Lipinski definition) is 2. The highest BCUT2D eigenvalue weighted by Crippen LogP contribution is 2.12. The van der Waals surface area contributed by atoms with E-state index in [1.807, 2.05) is 19.1 Å². The highest BCUT2D eigenvalue weighted by molar-refractivity contribution is 7.80. The average Bonchev–Trinajstić information content (AvgIpc) is 2.59. The van der Waals surface area contributed by atoms with Gasteiger partial charge in [-0.3, -0.25) is 9.89 Å². The van der Waals surface area contributed by atoms with Crippen molar-refractivity contribution in [1.29, 1.82) is 0 Å². The van der Waals surface area contributed by atoms with Gasteiger partial charge in [0, 0.05) is 16.3 Å². The Morgan fingerprint density at radius 1 is 1.35 bits per heavy atom. The molecule has 0 aliphatic carbocycles. The van der Waals surface area contributed by atoms with Crippen LogP contribution in [0.5, 0.6) is 0 Å². The topological polar surface area (TPSA) is 37.8 Å². The highest BCUT2D eigenvalue weighted by atomic mass is 35.5. The molecule has 0 fully saturated rings. The Hall–Kier alpha value is -1.13. The molecule has 0 saturated heterocycles. The molecule has 0 radical (unpaired) electrons. The van der Waals surface area contributed by atoms with E-state index >= 15 is 0 Å². The van der Waals surface area contributed by atoms with Gasteiger partial charge >= 0.3 is 0 Å². The van der Waals surface area contributed by atoms with Crippen molar-refractivity contribution in [3.8, 4) is 5.69 Å². The minimum atomic E-state index is -0.0149. The van der Waals surface area contributed by atoms with E-state index in [0.29, 0.717) is 17.2 Å². The molecule has 0 unspecified atom stereocenters. The van der Waals surface area contributed by atoms with Gasteiger partial charge in [-0.15, -0.1) is 0 Å². The molecule has 1 N–H and O–H groups in total. The van der Waals surface area contributed by atoms with E-state index < -0.39 is 0 Å². The number of aromatic amines is 1. The Bertz CT molecular complexity index is 571. The normalized spacial score (nSPS) is 10.8. The van der Waals surface area contributed by atoms with Crippen molar-refractivity contribution in [1.82, 2.24) is 9.78 Å². The van der Waals surface area contributed by atoms with Crippen LogP contribution in [0.3, 0.4) is 0 Å². The van der Waals surface area contributed by atoms with Crippen LogP contribution in [-0.4, -0.2) is 15.5 Å². The van der Waals surface area contributed by atoms with Crippen LogP contribution in [0.15, 0.2) is 29.1 Å². The molecule has 1 aromatic heterocycles. The fourth-order valence-electron chi connectivity index (χ4n) is 1.76. The van der Waals surface area contributed by atoms with E-state index in [4.69, 9.17) is 11.6 Å². The zero-order chi connectivity index (χ0) is 12.4. The lowest BCUT2D eigenvalue weighted by Gasteiger charge is -2.00. The lowest BCUT2D eigenvalue weighted by atomic mass is 10.2. The van der Waals surface area contributed by atoms with Gasteiger partial charge in [-0.2, -0.15) is 12.6 Å². The minimum absolute atomic E-state index is 0.0149. The maximum absolute atomic E-state index is 12.1. The van der Waals surface area contributed by atoms with E-state index in [1.54, 1.807) is 12.1 Å². The Morgan fingerprint density at radius 3 is 2.59 bits per heavy atom. The summed E-state index contributed by atoms with van der Waals surface area (Å²) in [6, 6.07) is 7.14. The van der Waals surface area contributed by atoms with Gasteiger partial charge < -0.3 is 0 Å². The van der Waals surface area contributed by atoms with Crippen LogP contribution >= 0.6 is 24.2 Å². The van der Waals surface area contributed by atoms with Crippen molar-refractivity contribution >= 4 is 24.2 Å². The van der Waals surface area contributed by atoms with Crippen molar-refractivity contribution in [3.05, 3.63) is 50.9 Å². The Labute approximate surface area is 110 Å². The fourth-order valence-corrected chi connectivity index (χ4v) is 2.11. The molecule has 0 aliphatic rings. The number of thiol groups is 1. The molecule has 0 aliphatic heterocycles. The lowest BCUT2D eigenvalue weighted by molar-refractivity contribution is 0.834. The van der Waals surface area contributed by atoms with Crippen LogP contribution in [0.4, 0.5) is 0 Å². The Kier molecular flexibility index (Phi) is 3.64. The van der Waals surface area contributed by atoms with Crippen LogP contribution in [0.1, 0.15) is 11.3 Å². The number of aromatic nitrogens is 2. The molecule has 2 aromatic rings. The first kappa shape index (κ1) is 12.3. The number of halogens is 1. The maximum Gasteiger partial charge on any atom is 0.274 e. The van der Waals surface area contributed by atoms with Crippen LogP contribution in [0.25, 0.3) is 5.69 Å². The van der Waals surface area contributed by atoms with E-state index in [1.165, 1.54) is 4.68 Å². The highest BCUT2D eigenvalue weighted by Gasteiger charge is 2.11. The molecule has 0 spiro atoms. The first-order chi connectivity index (χ1) is 8.13. The van der Waals surface area contributed by atoms with Crippen molar-refractivity contribution in [2.75, 3.05) is 5.75 Å². The summed E-state index contributed by atoms with van der Waals surface area (Å²) in [5, 5.41) is 3.71. The zero-order valence-electron chi connectivity index (χ0n) is 9.40. The first-order valence-electron chi connectivity index (χ1n) is 5.31. The van der Waals surface area contributed by atoms with Gasteiger partial charge in [-0.1, -0.05) is 11.6 Å². The van der Waals surface area contributed by atoms with Gasteiger partial charge in [0.25, 0.3) is 5.56 Å². The summed E-state index contributed by atoms with van der Waals surface area (Å²) in [7, 11) is 0. The molecule has 0 saturated carbocycles. The van der Waals surface area contributed by atoms with E-state index in [9.17, 15) is 4.79 Å². The molecule has 0 amide bonds. The molecule has 3 nitrogen and oxygen atoms in total. The number of nitrogens with zero attached hydrogens (tertiary/aromatic N) is 1. The molecule has 0 bridgehead atoms. The van der Waals surface area contributed by atoms with E-state index in [-0.39, 0.29) is 5.56 Å². The van der Waals surface area contributed by atoms with Crippen LogP contribution in [-0.2, 0) is 6.42 Å². The quantitative estimate of drug-likeness (QED) is 0.825. The lowest BCUT2D eigenvalue weighted by Crippen LogP contribution is -2.17. The molecule has 2 rings (SSSR count). The number of hydrogen-bond acceptors (Lipinski definition) is 2. The van der Waals surface area contributed by atoms with Crippen LogP contribution in [0, 0.1) is 6.92 Å². The monoisotopic (exact) mass is 268 g/mol. The predicted molar refractivity (Wildman–Crippen MR) is 73.7 cm³/mol. The van der Waals surface area contributed by atoms with Gasteiger partial charge in [0.15, 0.2) is 0 Å². The van der Waals surface area contributed by atoms with Crippen molar-refractivity contribution in [2.45, 2.75) is 13.3 Å². The number of benzene rings is 1. The Morgan fingerprint density at radius 2 is 2.00 bits per heavy atom. The first-order valence-corrected chi connectivity index (χ1v) is 6.32. The van der Waals surface area contributed by atoms with E-state index in [2.05, 4.69) is 17.7 Å². The standard InChI is InChI=1S/C12H13ClN2OS/c1-8-11(6-7-17)12(16)15(14-8)10-4-2-9(13)3-5-10/h2-5,14,17H,6-7H2,1H3. The van der Waals surface area contributed by atoms with Crippen molar-refractivity contribution in [3.63, 3.8) is 0 Å². The minimum Gasteiger partial charge on any atom is -0.295 e. The van der Waals surface area contributed by atoms with Gasteiger partial charge in [-0.25, -0.2) is 4.68 Å². The third kappa shape index (κ3) is 2.42.